The second-order valence-electron chi connectivity index (χ2n) is 6.06. The third kappa shape index (κ3) is 9.50. The number of rotatable bonds is 12. The van der Waals surface area contributed by atoms with Crippen molar-refractivity contribution in [2.75, 3.05) is 0 Å². The number of unbranched alkanes of at least 4 members (excludes halogenated alkanes) is 8. The Morgan fingerprint density at radius 3 is 2.10 bits per heavy atom. The first-order valence-corrected chi connectivity index (χ1v) is 9.04. The van der Waals surface area contributed by atoms with E-state index in [0.29, 0.717) is 0 Å². The Labute approximate surface area is 132 Å². The van der Waals surface area contributed by atoms with Crippen molar-refractivity contribution in [1.82, 2.24) is 0 Å². The maximum absolute atomic E-state index is 3.40. The Bertz CT molecular complexity index is 358. The Kier molecular flexibility index (Phi) is 10.9. The molecule has 0 heteroatoms. The van der Waals surface area contributed by atoms with E-state index in [9.17, 15) is 0 Å². The van der Waals surface area contributed by atoms with E-state index in [1.54, 1.807) is 0 Å². The van der Waals surface area contributed by atoms with Gasteiger partial charge in [-0.05, 0) is 42.9 Å². The van der Waals surface area contributed by atoms with Crippen LogP contribution in [0.3, 0.4) is 0 Å². The molecule has 0 aliphatic carbocycles. The number of benzene rings is 1. The van der Waals surface area contributed by atoms with Crippen LogP contribution in [-0.4, -0.2) is 0 Å². The van der Waals surface area contributed by atoms with Crippen LogP contribution in [-0.2, 0) is 6.42 Å². The summed E-state index contributed by atoms with van der Waals surface area (Å²) in [6.45, 7) is 4.52. The highest BCUT2D eigenvalue weighted by Gasteiger charge is 1.95. The Morgan fingerprint density at radius 2 is 1.38 bits per heavy atom. The van der Waals surface area contributed by atoms with E-state index in [0.717, 1.165) is 6.42 Å². The van der Waals surface area contributed by atoms with Gasteiger partial charge in [-0.15, -0.1) is 0 Å². The topological polar surface area (TPSA) is 0 Å². The smallest absolute Gasteiger partial charge is 0.0149 e. The van der Waals surface area contributed by atoms with Crippen LogP contribution in [0.2, 0.25) is 0 Å². The second-order valence-corrected chi connectivity index (χ2v) is 6.06. The molecule has 1 rings (SSSR count). The summed E-state index contributed by atoms with van der Waals surface area (Å²) >= 11 is 0. The van der Waals surface area contributed by atoms with Gasteiger partial charge in [0.05, 0.1) is 0 Å². The standard InChI is InChI=1S/C21H33/c1-3-5-7-9-11-13-15-21-18-16-20(17-19-21)14-12-10-8-6-4-2/h12,16-19H,3-11,13,15H2,1-2H3. The molecule has 0 heterocycles. The van der Waals surface area contributed by atoms with Crippen LogP contribution in [0.5, 0.6) is 0 Å². The van der Waals surface area contributed by atoms with E-state index < -0.39 is 0 Å². The number of aryl methyl sites for hydroxylation is 1. The molecule has 0 N–H and O–H groups in total. The summed E-state index contributed by atoms with van der Waals surface area (Å²) in [7, 11) is 0. The van der Waals surface area contributed by atoms with Crippen LogP contribution in [0, 0.1) is 6.08 Å². The highest BCUT2D eigenvalue weighted by Crippen LogP contribution is 2.11. The van der Waals surface area contributed by atoms with Crippen LogP contribution in [0.4, 0.5) is 0 Å². The summed E-state index contributed by atoms with van der Waals surface area (Å²) in [5, 5.41) is 0. The van der Waals surface area contributed by atoms with Crippen molar-refractivity contribution in [3.05, 3.63) is 47.5 Å². The first-order chi connectivity index (χ1) is 10.4. The molecule has 1 aromatic carbocycles. The number of allylic oxidation sites excluding steroid dienone is 1. The zero-order valence-corrected chi connectivity index (χ0v) is 14.2. The van der Waals surface area contributed by atoms with Crippen molar-refractivity contribution in [3.63, 3.8) is 0 Å². The Hall–Kier alpha value is -1.04. The first-order valence-electron chi connectivity index (χ1n) is 9.04. The molecule has 1 radical (unpaired) electrons. The van der Waals surface area contributed by atoms with Gasteiger partial charge in [-0.3, -0.25) is 0 Å². The summed E-state index contributed by atoms with van der Waals surface area (Å²) < 4.78 is 0. The average Bonchev–Trinajstić information content (AvgIpc) is 2.52. The van der Waals surface area contributed by atoms with Gasteiger partial charge in [-0.25, -0.2) is 0 Å². The molecule has 0 saturated heterocycles. The zero-order chi connectivity index (χ0) is 15.2. The third-order valence-electron chi connectivity index (χ3n) is 3.99. The first kappa shape index (κ1) is 18.0. The number of hydrogen-bond donors (Lipinski definition) is 0. The molecule has 0 saturated carbocycles. The SMILES string of the molecule is CCCCC/C=[C]\c1ccc(CCCCCCCC)cc1. The number of hydrogen-bond acceptors (Lipinski definition) is 0. The molecule has 0 unspecified atom stereocenters. The predicted molar refractivity (Wildman–Crippen MR) is 94.6 cm³/mol. The lowest BCUT2D eigenvalue weighted by molar-refractivity contribution is 0.607. The molecule has 1 aromatic rings. The van der Waals surface area contributed by atoms with E-state index in [-0.39, 0.29) is 0 Å². The summed E-state index contributed by atoms with van der Waals surface area (Å²) in [6.07, 6.45) is 20.2. The molecule has 0 aromatic heterocycles. The van der Waals surface area contributed by atoms with E-state index in [1.807, 2.05) is 0 Å². The second kappa shape index (κ2) is 12.7. The van der Waals surface area contributed by atoms with Crippen molar-refractivity contribution >= 4 is 0 Å². The maximum Gasteiger partial charge on any atom is -0.0149 e. The van der Waals surface area contributed by atoms with Crippen molar-refractivity contribution in [2.45, 2.75) is 84.5 Å². The van der Waals surface area contributed by atoms with Crippen molar-refractivity contribution in [1.29, 1.82) is 0 Å². The van der Waals surface area contributed by atoms with E-state index in [1.165, 1.54) is 75.3 Å². The molecule has 0 spiro atoms. The Morgan fingerprint density at radius 1 is 0.762 bits per heavy atom. The van der Waals surface area contributed by atoms with Gasteiger partial charge < -0.3 is 0 Å². The van der Waals surface area contributed by atoms with Gasteiger partial charge in [0.15, 0.2) is 0 Å². The van der Waals surface area contributed by atoms with Crippen molar-refractivity contribution < 1.29 is 0 Å². The molecule has 0 atom stereocenters. The van der Waals surface area contributed by atoms with Gasteiger partial charge in [-0.2, -0.15) is 0 Å². The van der Waals surface area contributed by atoms with Gasteiger partial charge in [-0.1, -0.05) is 89.1 Å². The molecular formula is C21H33. The highest BCUT2D eigenvalue weighted by atomic mass is 14.0. The maximum atomic E-state index is 3.40. The summed E-state index contributed by atoms with van der Waals surface area (Å²) in [6, 6.07) is 8.97. The van der Waals surface area contributed by atoms with Crippen molar-refractivity contribution in [2.24, 2.45) is 0 Å². The lowest BCUT2D eigenvalue weighted by Gasteiger charge is -2.02. The van der Waals surface area contributed by atoms with E-state index >= 15 is 0 Å². The zero-order valence-electron chi connectivity index (χ0n) is 14.2. The normalized spacial score (nSPS) is 11.3. The Balaban J connectivity index is 2.17. The minimum atomic E-state index is 1.16. The lowest BCUT2D eigenvalue weighted by atomic mass is 10.0. The minimum absolute atomic E-state index is 1.16. The fraction of sp³-hybridized carbons (Fsp3) is 0.619. The van der Waals surface area contributed by atoms with Gasteiger partial charge in [0.2, 0.25) is 0 Å². The summed E-state index contributed by atoms with van der Waals surface area (Å²) in [5.74, 6) is 0. The predicted octanol–water partition coefficient (Wildman–Crippen LogP) is 6.88. The quantitative estimate of drug-likeness (QED) is 0.367. The highest BCUT2D eigenvalue weighted by molar-refractivity contribution is 5.27. The van der Waals surface area contributed by atoms with Crippen LogP contribution >= 0.6 is 0 Å². The van der Waals surface area contributed by atoms with Crippen molar-refractivity contribution in [3.8, 4) is 0 Å². The van der Waals surface area contributed by atoms with Crippen LogP contribution < -0.4 is 0 Å². The van der Waals surface area contributed by atoms with Gasteiger partial charge in [0.25, 0.3) is 0 Å². The fourth-order valence-corrected chi connectivity index (χ4v) is 2.56. The summed E-state index contributed by atoms with van der Waals surface area (Å²) in [4.78, 5) is 0. The molecule has 0 fully saturated rings. The average molecular weight is 285 g/mol. The van der Waals surface area contributed by atoms with E-state index in [2.05, 4.69) is 50.3 Å². The molecule has 21 heavy (non-hydrogen) atoms. The van der Waals surface area contributed by atoms with Crippen LogP contribution in [0.15, 0.2) is 30.3 Å². The minimum Gasteiger partial charge on any atom is -0.0760 e. The molecule has 0 bridgehead atoms. The molecule has 0 amide bonds. The largest absolute Gasteiger partial charge is 0.0760 e. The van der Waals surface area contributed by atoms with Gasteiger partial charge >= 0.3 is 0 Å². The molecule has 0 nitrogen and oxygen atoms in total. The van der Waals surface area contributed by atoms with Crippen LogP contribution in [0.25, 0.3) is 0 Å². The molecule has 0 aliphatic rings. The third-order valence-corrected chi connectivity index (χ3v) is 3.99. The van der Waals surface area contributed by atoms with Crippen LogP contribution in [0.1, 0.15) is 89.2 Å². The van der Waals surface area contributed by atoms with Gasteiger partial charge in [0, 0.05) is 0 Å². The molecule has 0 aliphatic heterocycles. The molecule has 117 valence electrons. The fourth-order valence-electron chi connectivity index (χ4n) is 2.56. The van der Waals surface area contributed by atoms with E-state index in [4.69, 9.17) is 0 Å². The monoisotopic (exact) mass is 285 g/mol. The lowest BCUT2D eigenvalue weighted by Crippen LogP contribution is -1.87. The molecular weight excluding hydrogens is 252 g/mol. The van der Waals surface area contributed by atoms with Gasteiger partial charge in [0.1, 0.15) is 0 Å². The summed E-state index contributed by atoms with van der Waals surface area (Å²) in [5.41, 5.74) is 2.69.